The van der Waals surface area contributed by atoms with Gasteiger partial charge >= 0.3 is 5.97 Å². The van der Waals surface area contributed by atoms with E-state index in [-0.39, 0.29) is 42.7 Å². The van der Waals surface area contributed by atoms with Gasteiger partial charge in [-0.25, -0.2) is 0 Å². The third kappa shape index (κ3) is 6.10. The number of amides is 3. The molecule has 1 aromatic rings. The second-order valence-corrected chi connectivity index (χ2v) is 14.7. The van der Waals surface area contributed by atoms with E-state index in [1.54, 1.807) is 22.9 Å². The Kier molecular flexibility index (Phi) is 10.1. The topological polar surface area (TPSA) is 117 Å². The van der Waals surface area contributed by atoms with Crippen molar-refractivity contribution in [2.75, 3.05) is 20.2 Å². The SMILES string of the molecule is CC(C)C[C@H](CO)N1C(=O)[C@H]2[C@@H]3C(=O)O[C@@H](c4ccccc4)[C@H](C)N(C)C(=O)CC/C=C\[C@@H]3O[C@]23C=CCN(C2CCCCC2)C(=O)[C@H]13. The van der Waals surface area contributed by atoms with Crippen molar-refractivity contribution in [1.82, 2.24) is 14.7 Å². The average molecular weight is 662 g/mol. The van der Waals surface area contributed by atoms with Crippen LogP contribution < -0.4 is 0 Å². The molecule has 5 aliphatic rings. The number of fused-ring (bicyclic) bond motifs is 2. The fourth-order valence-corrected chi connectivity index (χ4v) is 8.78. The molecule has 1 aromatic carbocycles. The van der Waals surface area contributed by atoms with Gasteiger partial charge in [-0.15, -0.1) is 0 Å². The summed E-state index contributed by atoms with van der Waals surface area (Å²) in [5.74, 6) is -3.18. The second-order valence-electron chi connectivity index (χ2n) is 14.7. The number of carbonyl (C=O) groups is 4. The van der Waals surface area contributed by atoms with E-state index >= 15 is 0 Å². The fourth-order valence-electron chi connectivity index (χ4n) is 8.78. The summed E-state index contributed by atoms with van der Waals surface area (Å²) in [5.41, 5.74) is -0.695. The molecule has 4 heterocycles. The van der Waals surface area contributed by atoms with E-state index in [0.717, 1.165) is 37.7 Å². The monoisotopic (exact) mass is 661 g/mol. The fraction of sp³-hybridized carbons (Fsp3) is 0.632. The van der Waals surface area contributed by atoms with Crippen LogP contribution in [0.2, 0.25) is 0 Å². The maximum absolute atomic E-state index is 14.9. The van der Waals surface area contributed by atoms with Gasteiger partial charge in [-0.05, 0) is 44.1 Å². The number of benzene rings is 1. The first kappa shape index (κ1) is 34.4. The Bertz CT molecular complexity index is 1420. The molecule has 10 nitrogen and oxygen atoms in total. The number of likely N-dealkylation sites (tertiary alicyclic amines) is 1. The Morgan fingerprint density at radius 1 is 1.00 bits per heavy atom. The van der Waals surface area contributed by atoms with Crippen molar-refractivity contribution in [1.29, 1.82) is 0 Å². The van der Waals surface area contributed by atoms with Gasteiger partial charge < -0.3 is 29.3 Å². The Hall–Kier alpha value is -3.50. The number of aliphatic hydroxyl groups excluding tert-OH is 1. The molecule has 0 unspecified atom stereocenters. The molecule has 3 fully saturated rings. The number of esters is 1. The van der Waals surface area contributed by atoms with Gasteiger partial charge in [0.15, 0.2) is 0 Å². The van der Waals surface area contributed by atoms with Crippen LogP contribution in [-0.2, 0) is 28.7 Å². The summed E-state index contributed by atoms with van der Waals surface area (Å²) in [7, 11) is 1.72. The van der Waals surface area contributed by atoms with Crippen LogP contribution in [0.15, 0.2) is 54.6 Å². The number of aliphatic hydroxyl groups is 1. The molecule has 3 amide bonds. The van der Waals surface area contributed by atoms with Crippen molar-refractivity contribution in [3.05, 3.63) is 60.2 Å². The molecule has 48 heavy (non-hydrogen) atoms. The number of cyclic esters (lactones) is 1. The minimum Gasteiger partial charge on any atom is -0.455 e. The van der Waals surface area contributed by atoms with Gasteiger partial charge in [0.05, 0.1) is 30.7 Å². The van der Waals surface area contributed by atoms with Crippen LogP contribution in [0.25, 0.3) is 0 Å². The molecule has 260 valence electrons. The van der Waals surface area contributed by atoms with Crippen molar-refractivity contribution in [3.63, 3.8) is 0 Å². The lowest BCUT2D eigenvalue weighted by Gasteiger charge is -2.41. The Morgan fingerprint density at radius 3 is 2.42 bits per heavy atom. The van der Waals surface area contributed by atoms with Crippen LogP contribution in [0.3, 0.4) is 0 Å². The van der Waals surface area contributed by atoms with Crippen molar-refractivity contribution >= 4 is 23.7 Å². The predicted molar refractivity (Wildman–Crippen MR) is 179 cm³/mol. The van der Waals surface area contributed by atoms with E-state index < -0.39 is 53.7 Å². The van der Waals surface area contributed by atoms with Crippen molar-refractivity contribution in [2.24, 2.45) is 17.8 Å². The largest absolute Gasteiger partial charge is 0.455 e. The maximum Gasteiger partial charge on any atom is 0.313 e. The third-order valence-electron chi connectivity index (χ3n) is 11.3. The van der Waals surface area contributed by atoms with Crippen LogP contribution in [-0.4, -0.2) is 99.6 Å². The predicted octanol–water partition coefficient (Wildman–Crippen LogP) is 4.19. The summed E-state index contributed by atoms with van der Waals surface area (Å²) in [6.07, 6.45) is 11.9. The number of hydrogen-bond acceptors (Lipinski definition) is 7. The highest BCUT2D eigenvalue weighted by atomic mass is 16.6. The average Bonchev–Trinajstić information content (AvgIpc) is 3.48. The minimum absolute atomic E-state index is 0.0573. The normalized spacial score (nSPS) is 34.6. The molecule has 8 atom stereocenters. The molecule has 1 spiro atoms. The van der Waals surface area contributed by atoms with Gasteiger partial charge in [0.2, 0.25) is 17.7 Å². The number of rotatable bonds is 6. The van der Waals surface area contributed by atoms with Crippen LogP contribution in [0, 0.1) is 17.8 Å². The number of carbonyl (C=O) groups excluding carboxylic acids is 4. The lowest BCUT2D eigenvalue weighted by molar-refractivity contribution is -0.165. The van der Waals surface area contributed by atoms with Crippen LogP contribution in [0.4, 0.5) is 0 Å². The minimum atomic E-state index is -1.43. The summed E-state index contributed by atoms with van der Waals surface area (Å²) in [4.78, 5) is 62.6. The summed E-state index contributed by atoms with van der Waals surface area (Å²) >= 11 is 0. The van der Waals surface area contributed by atoms with Crippen LogP contribution in [0.1, 0.15) is 83.8 Å². The zero-order chi connectivity index (χ0) is 34.2. The highest BCUT2D eigenvalue weighted by molar-refractivity contribution is 5.99. The maximum atomic E-state index is 14.9. The number of likely N-dealkylation sites (N-methyl/N-ethyl adjacent to an activating group) is 1. The molecule has 1 saturated carbocycles. The number of allylic oxidation sites excluding steroid dienone is 1. The van der Waals surface area contributed by atoms with Crippen molar-refractivity contribution in [3.8, 4) is 0 Å². The van der Waals surface area contributed by atoms with Gasteiger partial charge in [0, 0.05) is 26.1 Å². The molecule has 0 aromatic heterocycles. The van der Waals surface area contributed by atoms with Crippen molar-refractivity contribution in [2.45, 2.75) is 114 Å². The molecule has 6 rings (SSSR count). The van der Waals surface area contributed by atoms with Gasteiger partial charge in [-0.2, -0.15) is 0 Å². The summed E-state index contributed by atoms with van der Waals surface area (Å²) < 4.78 is 13.3. The number of nitrogens with zero attached hydrogens (tertiary/aromatic N) is 3. The van der Waals surface area contributed by atoms with E-state index in [0.29, 0.717) is 19.4 Å². The van der Waals surface area contributed by atoms with E-state index in [1.807, 2.05) is 74.2 Å². The first-order valence-corrected chi connectivity index (χ1v) is 17.9. The van der Waals surface area contributed by atoms with E-state index in [1.165, 1.54) is 0 Å². The quantitative estimate of drug-likeness (QED) is 0.359. The lowest BCUT2D eigenvalue weighted by atomic mass is 9.77. The first-order chi connectivity index (χ1) is 23.1. The molecule has 4 aliphatic heterocycles. The standard InChI is InChI=1S/C38H51N3O7/c1-24(2)22-28(23-42)41-34-36(45)40(27-16-9-6-10-17-27)21-13-20-38(34)32(35(41)44)31-29(48-38)18-11-12-19-30(43)39(4)25(3)33(47-37(31)46)26-14-7-5-8-15-26/h5,7-8,11,13-15,18,20,24-25,27-29,31-34,42H,6,9-10,12,16-17,19,21-23H2,1-4H3/b18-11-/t25-,28+,29-,31+,32+,33+,34-,38+/m0/s1. The highest BCUT2D eigenvalue weighted by Gasteiger charge is 2.72. The molecule has 10 heteroatoms. The van der Waals surface area contributed by atoms with Crippen molar-refractivity contribution < 1.29 is 33.8 Å². The molecular weight excluding hydrogens is 610 g/mol. The Labute approximate surface area is 284 Å². The zero-order valence-electron chi connectivity index (χ0n) is 28.7. The molecule has 2 saturated heterocycles. The summed E-state index contributed by atoms with van der Waals surface area (Å²) in [6, 6.07) is 7.25. The highest BCUT2D eigenvalue weighted by Crippen LogP contribution is 2.54. The Morgan fingerprint density at radius 2 is 1.73 bits per heavy atom. The molecule has 1 N–H and O–H groups in total. The summed E-state index contributed by atoms with van der Waals surface area (Å²) in [5, 5.41) is 10.7. The third-order valence-corrected chi connectivity index (χ3v) is 11.3. The van der Waals surface area contributed by atoms with E-state index in [9.17, 15) is 24.3 Å². The number of hydrogen-bond donors (Lipinski definition) is 1. The van der Waals surface area contributed by atoms with Crippen LogP contribution >= 0.6 is 0 Å². The van der Waals surface area contributed by atoms with Gasteiger partial charge in [-0.3, -0.25) is 19.2 Å². The first-order valence-electron chi connectivity index (χ1n) is 17.9. The zero-order valence-corrected chi connectivity index (χ0v) is 28.7. The summed E-state index contributed by atoms with van der Waals surface area (Å²) in [6.45, 7) is 5.99. The van der Waals surface area contributed by atoms with E-state index in [4.69, 9.17) is 9.47 Å². The second kappa shape index (κ2) is 14.2. The molecule has 0 bridgehead atoms. The Balaban J connectivity index is 1.45. The van der Waals surface area contributed by atoms with Gasteiger partial charge in [-0.1, -0.05) is 87.7 Å². The molecule has 1 aliphatic carbocycles. The van der Waals surface area contributed by atoms with Gasteiger partial charge in [0.25, 0.3) is 0 Å². The van der Waals surface area contributed by atoms with E-state index in [2.05, 4.69) is 0 Å². The molecular formula is C38H51N3O7. The van der Waals surface area contributed by atoms with Crippen LogP contribution in [0.5, 0.6) is 0 Å². The van der Waals surface area contributed by atoms with Gasteiger partial charge in [0.1, 0.15) is 23.7 Å². The number of ether oxygens (including phenoxy) is 2. The smallest absolute Gasteiger partial charge is 0.313 e. The lowest BCUT2D eigenvalue weighted by Crippen LogP contribution is -2.59. The molecule has 0 radical (unpaired) electrons.